The largest absolute Gasteiger partial charge is 0.490 e. The number of nitrogens with zero attached hydrogens (tertiary/aromatic N) is 2. The van der Waals surface area contributed by atoms with E-state index < -0.39 is 11.6 Å². The molecule has 0 atom stereocenters. The lowest BCUT2D eigenvalue weighted by atomic mass is 9.96. The van der Waals surface area contributed by atoms with Crippen LogP contribution in [0.25, 0.3) is 10.9 Å². The molecule has 5 rings (SSSR count). The van der Waals surface area contributed by atoms with Crippen molar-refractivity contribution in [2.24, 2.45) is 0 Å². The van der Waals surface area contributed by atoms with Crippen LogP contribution >= 0.6 is 0 Å². The zero-order valence-corrected chi connectivity index (χ0v) is 21.3. The van der Waals surface area contributed by atoms with E-state index in [1.165, 1.54) is 25.0 Å². The quantitative estimate of drug-likeness (QED) is 0.221. The smallest absolute Gasteiger partial charge is 0.165 e. The van der Waals surface area contributed by atoms with Crippen molar-refractivity contribution in [1.29, 1.82) is 0 Å². The SMILES string of the molecule is CC(C)c1c(C(=O)CCc2ccc(F)c(F)c2)c2ccc(OC3CCCC3)cc2n1Cc1cccnc1. The number of fused-ring (bicyclic) bond motifs is 1. The van der Waals surface area contributed by atoms with Crippen LogP contribution in [0.4, 0.5) is 8.78 Å². The Labute approximate surface area is 216 Å². The first kappa shape index (κ1) is 25.1. The average Bonchev–Trinajstić information content (AvgIpc) is 3.51. The summed E-state index contributed by atoms with van der Waals surface area (Å²) in [4.78, 5) is 18.0. The van der Waals surface area contributed by atoms with Crippen LogP contribution in [-0.4, -0.2) is 21.4 Å². The van der Waals surface area contributed by atoms with Crippen LogP contribution in [0.1, 0.15) is 79.0 Å². The summed E-state index contributed by atoms with van der Waals surface area (Å²) in [5, 5.41) is 0.890. The van der Waals surface area contributed by atoms with E-state index in [9.17, 15) is 13.6 Å². The molecule has 1 fully saturated rings. The van der Waals surface area contributed by atoms with Gasteiger partial charge in [-0.2, -0.15) is 0 Å². The highest BCUT2D eigenvalue weighted by Gasteiger charge is 2.25. The number of ether oxygens (including phenoxy) is 1. The molecule has 0 bridgehead atoms. The molecule has 2 heterocycles. The van der Waals surface area contributed by atoms with Gasteiger partial charge in [0.05, 0.1) is 11.6 Å². The molecule has 0 saturated heterocycles. The van der Waals surface area contributed by atoms with Crippen molar-refractivity contribution in [2.75, 3.05) is 0 Å². The molecule has 4 aromatic rings. The number of hydrogen-bond donors (Lipinski definition) is 0. The van der Waals surface area contributed by atoms with Gasteiger partial charge in [-0.25, -0.2) is 8.78 Å². The molecule has 0 unspecified atom stereocenters. The fourth-order valence-corrected chi connectivity index (χ4v) is 5.44. The van der Waals surface area contributed by atoms with E-state index in [0.29, 0.717) is 24.1 Å². The number of carbonyl (C=O) groups is 1. The molecule has 0 radical (unpaired) electrons. The number of pyridine rings is 1. The molecule has 4 nitrogen and oxygen atoms in total. The fourth-order valence-electron chi connectivity index (χ4n) is 5.44. The van der Waals surface area contributed by atoms with Crippen molar-refractivity contribution in [2.45, 2.75) is 70.9 Å². The number of hydrogen-bond acceptors (Lipinski definition) is 3. The van der Waals surface area contributed by atoms with Crippen LogP contribution in [0.2, 0.25) is 0 Å². The zero-order chi connectivity index (χ0) is 25.9. The van der Waals surface area contributed by atoms with E-state index in [1.807, 2.05) is 30.5 Å². The van der Waals surface area contributed by atoms with Crippen molar-refractivity contribution in [3.05, 3.63) is 94.9 Å². The third-order valence-electron chi connectivity index (χ3n) is 7.20. The minimum Gasteiger partial charge on any atom is -0.490 e. The highest BCUT2D eigenvalue weighted by molar-refractivity contribution is 6.10. The first-order valence-corrected chi connectivity index (χ1v) is 13.1. The molecule has 0 N–H and O–H groups in total. The molecule has 192 valence electrons. The van der Waals surface area contributed by atoms with Crippen LogP contribution in [0.5, 0.6) is 5.75 Å². The zero-order valence-electron chi connectivity index (χ0n) is 21.3. The molecule has 2 aromatic heterocycles. The van der Waals surface area contributed by atoms with Crippen LogP contribution in [-0.2, 0) is 13.0 Å². The molecule has 0 spiro atoms. The maximum atomic E-state index is 13.7. The Morgan fingerprint density at radius 3 is 2.57 bits per heavy atom. The van der Waals surface area contributed by atoms with E-state index in [4.69, 9.17) is 4.74 Å². The standard InChI is InChI=1S/C31H32F2N2O2/c1-20(2)31-30(29(36)14-10-21-9-13-26(32)27(33)16-21)25-12-11-24(37-23-7-3-4-8-23)17-28(25)35(31)19-22-6-5-15-34-18-22/h5-6,9,11-13,15-18,20,23H,3-4,7-8,10,14,19H2,1-2H3. The number of benzene rings is 2. The maximum Gasteiger partial charge on any atom is 0.165 e. The molecule has 1 aliphatic rings. The van der Waals surface area contributed by atoms with E-state index in [1.54, 1.807) is 6.20 Å². The number of aromatic nitrogens is 2. The molecule has 6 heteroatoms. The summed E-state index contributed by atoms with van der Waals surface area (Å²) in [6.45, 7) is 4.77. The monoisotopic (exact) mass is 502 g/mol. The molecule has 0 aliphatic heterocycles. The number of rotatable bonds is 9. The average molecular weight is 503 g/mol. The summed E-state index contributed by atoms with van der Waals surface area (Å²) in [6, 6.07) is 13.8. The van der Waals surface area contributed by atoms with E-state index in [-0.39, 0.29) is 24.2 Å². The Hall–Kier alpha value is -3.54. The van der Waals surface area contributed by atoms with Crippen molar-refractivity contribution >= 4 is 16.7 Å². The second kappa shape index (κ2) is 10.8. The summed E-state index contributed by atoms with van der Waals surface area (Å²) < 4.78 is 35.6. The molecule has 1 saturated carbocycles. The van der Waals surface area contributed by atoms with Gasteiger partial charge in [-0.05, 0) is 79.5 Å². The topological polar surface area (TPSA) is 44.1 Å². The van der Waals surface area contributed by atoms with Gasteiger partial charge in [0.1, 0.15) is 5.75 Å². The number of aryl methyl sites for hydroxylation is 1. The summed E-state index contributed by atoms with van der Waals surface area (Å²) in [5.74, 6) is -0.874. The first-order chi connectivity index (χ1) is 17.9. The van der Waals surface area contributed by atoms with Gasteiger partial charge in [-0.15, -0.1) is 0 Å². The highest BCUT2D eigenvalue weighted by Crippen LogP contribution is 2.36. The number of Topliss-reactive ketones (excluding diaryl/α,β-unsaturated/α-hetero) is 1. The molecular weight excluding hydrogens is 470 g/mol. The minimum atomic E-state index is -0.893. The van der Waals surface area contributed by atoms with Gasteiger partial charge in [0.15, 0.2) is 17.4 Å². The highest BCUT2D eigenvalue weighted by atomic mass is 19.2. The third-order valence-corrected chi connectivity index (χ3v) is 7.20. The first-order valence-electron chi connectivity index (χ1n) is 13.1. The van der Waals surface area contributed by atoms with Crippen molar-refractivity contribution in [3.8, 4) is 5.75 Å². The fraction of sp³-hybridized carbons (Fsp3) is 0.355. The number of halogens is 2. The number of ketones is 1. The predicted octanol–water partition coefficient (Wildman–Crippen LogP) is 7.62. The number of carbonyl (C=O) groups excluding carboxylic acids is 1. The van der Waals surface area contributed by atoms with Gasteiger partial charge >= 0.3 is 0 Å². The summed E-state index contributed by atoms with van der Waals surface area (Å²) >= 11 is 0. The lowest BCUT2D eigenvalue weighted by Crippen LogP contribution is -2.11. The van der Waals surface area contributed by atoms with Gasteiger partial charge in [0.25, 0.3) is 0 Å². The van der Waals surface area contributed by atoms with Crippen molar-refractivity contribution in [1.82, 2.24) is 9.55 Å². The predicted molar refractivity (Wildman–Crippen MR) is 141 cm³/mol. The van der Waals surface area contributed by atoms with Crippen LogP contribution in [0.15, 0.2) is 60.9 Å². The lowest BCUT2D eigenvalue weighted by Gasteiger charge is -2.16. The molecule has 0 amide bonds. The van der Waals surface area contributed by atoms with Gasteiger partial charge in [-0.1, -0.05) is 26.0 Å². The van der Waals surface area contributed by atoms with E-state index >= 15 is 0 Å². The maximum absolute atomic E-state index is 13.7. The van der Waals surface area contributed by atoms with Crippen molar-refractivity contribution in [3.63, 3.8) is 0 Å². The molecular formula is C31H32F2N2O2. The lowest BCUT2D eigenvalue weighted by molar-refractivity contribution is 0.0982. The Bertz CT molecular complexity index is 1410. The van der Waals surface area contributed by atoms with Gasteiger partial charge in [0, 0.05) is 48.1 Å². The normalized spacial score (nSPS) is 14.1. The van der Waals surface area contributed by atoms with E-state index in [2.05, 4.69) is 29.5 Å². The van der Waals surface area contributed by atoms with Crippen LogP contribution < -0.4 is 4.74 Å². The van der Waals surface area contributed by atoms with Gasteiger partial charge < -0.3 is 9.30 Å². The van der Waals surface area contributed by atoms with Crippen LogP contribution in [0, 0.1) is 11.6 Å². The Morgan fingerprint density at radius 2 is 1.86 bits per heavy atom. The summed E-state index contributed by atoms with van der Waals surface area (Å²) in [7, 11) is 0. The Morgan fingerprint density at radius 1 is 1.05 bits per heavy atom. The Kier molecular flexibility index (Phi) is 7.36. The van der Waals surface area contributed by atoms with E-state index in [0.717, 1.165) is 46.8 Å². The molecule has 2 aromatic carbocycles. The minimum absolute atomic E-state index is 0.00664. The Balaban J connectivity index is 1.55. The van der Waals surface area contributed by atoms with Crippen LogP contribution in [0.3, 0.4) is 0 Å². The van der Waals surface area contributed by atoms with Gasteiger partial charge in [0.2, 0.25) is 0 Å². The molecule has 37 heavy (non-hydrogen) atoms. The summed E-state index contributed by atoms with van der Waals surface area (Å²) in [6.07, 6.45) is 8.90. The second-order valence-electron chi connectivity index (χ2n) is 10.2. The van der Waals surface area contributed by atoms with Gasteiger partial charge in [-0.3, -0.25) is 9.78 Å². The summed E-state index contributed by atoms with van der Waals surface area (Å²) in [5.41, 5.74) is 4.27. The molecule has 1 aliphatic carbocycles. The second-order valence-corrected chi connectivity index (χ2v) is 10.2. The third kappa shape index (κ3) is 5.43. The van der Waals surface area contributed by atoms with Crippen molar-refractivity contribution < 1.29 is 18.3 Å².